The summed E-state index contributed by atoms with van der Waals surface area (Å²) in [4.78, 5) is 18.5. The molecule has 1 saturated heterocycles. The standard InChI is InChI=1S/C30H36N2O4/c1-30(2,3)36-29(33)32-14-13-26(32)21-35-28-18-25(19-31-20-28)24-12-8-11-23(15-24)17-27(34-4)16-22-9-6-5-7-10-22/h5-12,15,18-20,26-27H,13-14,16-17,21H2,1-4H3/t26-,27-/m1/s1. The maximum Gasteiger partial charge on any atom is 0.410 e. The van der Waals surface area contributed by atoms with Crippen LogP contribution >= 0.6 is 0 Å². The van der Waals surface area contributed by atoms with Gasteiger partial charge in [-0.15, -0.1) is 0 Å². The number of ether oxygens (including phenoxy) is 3. The molecule has 6 heteroatoms. The number of amides is 1. The SMILES string of the molecule is CO[C@H](Cc1ccccc1)Cc1cccc(-c2cncc(OC[C@H]3CCN3C(=O)OC(C)(C)C)c2)c1. The number of likely N-dealkylation sites (tertiary alicyclic amines) is 1. The summed E-state index contributed by atoms with van der Waals surface area (Å²) < 4.78 is 17.3. The lowest BCUT2D eigenvalue weighted by molar-refractivity contribution is -0.0141. The smallest absolute Gasteiger partial charge is 0.410 e. The Bertz CT molecular complexity index is 1140. The Kier molecular flexibility index (Phi) is 8.26. The first-order valence-electron chi connectivity index (χ1n) is 12.5. The van der Waals surface area contributed by atoms with Gasteiger partial charge in [0.15, 0.2) is 0 Å². The van der Waals surface area contributed by atoms with E-state index in [1.165, 1.54) is 11.1 Å². The van der Waals surface area contributed by atoms with Crippen molar-refractivity contribution in [2.24, 2.45) is 0 Å². The number of rotatable bonds is 9. The highest BCUT2D eigenvalue weighted by atomic mass is 16.6. The monoisotopic (exact) mass is 488 g/mol. The van der Waals surface area contributed by atoms with Gasteiger partial charge in [-0.05, 0) is 62.8 Å². The number of hydrogen-bond acceptors (Lipinski definition) is 5. The Morgan fingerprint density at radius 1 is 1.00 bits per heavy atom. The molecule has 0 spiro atoms. The second-order valence-corrected chi connectivity index (χ2v) is 10.3. The van der Waals surface area contributed by atoms with E-state index in [-0.39, 0.29) is 18.2 Å². The lowest BCUT2D eigenvalue weighted by atomic mass is 9.98. The van der Waals surface area contributed by atoms with Crippen molar-refractivity contribution in [1.82, 2.24) is 9.88 Å². The van der Waals surface area contributed by atoms with Crippen LogP contribution in [0.5, 0.6) is 5.75 Å². The van der Waals surface area contributed by atoms with Crippen molar-refractivity contribution >= 4 is 6.09 Å². The van der Waals surface area contributed by atoms with E-state index in [2.05, 4.69) is 53.5 Å². The second-order valence-electron chi connectivity index (χ2n) is 10.3. The van der Waals surface area contributed by atoms with Crippen LogP contribution in [0.3, 0.4) is 0 Å². The van der Waals surface area contributed by atoms with Gasteiger partial charge in [-0.3, -0.25) is 4.98 Å². The van der Waals surface area contributed by atoms with Gasteiger partial charge in [-0.25, -0.2) is 4.79 Å². The third-order valence-corrected chi connectivity index (χ3v) is 6.29. The molecule has 6 nitrogen and oxygen atoms in total. The first-order chi connectivity index (χ1) is 17.3. The lowest BCUT2D eigenvalue weighted by Gasteiger charge is -2.40. The van der Waals surface area contributed by atoms with E-state index in [0.29, 0.717) is 18.9 Å². The fraction of sp³-hybridized carbons (Fsp3) is 0.400. The molecule has 190 valence electrons. The van der Waals surface area contributed by atoms with Crippen LogP contribution in [0.15, 0.2) is 73.1 Å². The Morgan fingerprint density at radius 2 is 1.75 bits per heavy atom. The van der Waals surface area contributed by atoms with Crippen LogP contribution in [0, 0.1) is 0 Å². The van der Waals surface area contributed by atoms with Gasteiger partial charge < -0.3 is 19.1 Å². The minimum Gasteiger partial charge on any atom is -0.490 e. The van der Waals surface area contributed by atoms with Crippen LogP contribution in [0.25, 0.3) is 11.1 Å². The van der Waals surface area contributed by atoms with Gasteiger partial charge in [0.25, 0.3) is 0 Å². The second kappa shape index (κ2) is 11.6. The molecular formula is C30H36N2O4. The van der Waals surface area contributed by atoms with Crippen molar-refractivity contribution < 1.29 is 19.0 Å². The molecular weight excluding hydrogens is 452 g/mol. The van der Waals surface area contributed by atoms with Crippen LogP contribution in [0.4, 0.5) is 4.79 Å². The summed E-state index contributed by atoms with van der Waals surface area (Å²) in [5.41, 5.74) is 4.05. The molecule has 1 aliphatic rings. The van der Waals surface area contributed by atoms with Crippen LogP contribution in [-0.2, 0) is 22.3 Å². The van der Waals surface area contributed by atoms with E-state index < -0.39 is 5.60 Å². The van der Waals surface area contributed by atoms with Crippen molar-refractivity contribution in [1.29, 1.82) is 0 Å². The first kappa shape index (κ1) is 25.7. The van der Waals surface area contributed by atoms with Crippen molar-refractivity contribution in [3.8, 4) is 16.9 Å². The summed E-state index contributed by atoms with van der Waals surface area (Å²) in [7, 11) is 1.77. The Morgan fingerprint density at radius 3 is 2.44 bits per heavy atom. The molecule has 4 rings (SSSR count). The maximum absolute atomic E-state index is 12.4. The van der Waals surface area contributed by atoms with Gasteiger partial charge in [-0.2, -0.15) is 0 Å². The molecule has 1 aromatic heterocycles. The summed E-state index contributed by atoms with van der Waals surface area (Å²) >= 11 is 0. The summed E-state index contributed by atoms with van der Waals surface area (Å²) in [5.74, 6) is 0.688. The zero-order chi connectivity index (χ0) is 25.5. The Hall–Kier alpha value is -3.38. The van der Waals surface area contributed by atoms with E-state index in [1.807, 2.05) is 39.1 Å². The van der Waals surface area contributed by atoms with Gasteiger partial charge in [0.1, 0.15) is 18.0 Å². The molecule has 36 heavy (non-hydrogen) atoms. The van der Waals surface area contributed by atoms with E-state index in [4.69, 9.17) is 14.2 Å². The van der Waals surface area contributed by atoms with E-state index >= 15 is 0 Å². The zero-order valence-electron chi connectivity index (χ0n) is 21.6. The molecule has 0 unspecified atom stereocenters. The average molecular weight is 489 g/mol. The molecule has 3 aromatic rings. The summed E-state index contributed by atoms with van der Waals surface area (Å²) in [5, 5.41) is 0. The predicted octanol–water partition coefficient (Wildman–Crippen LogP) is 5.94. The van der Waals surface area contributed by atoms with E-state index in [9.17, 15) is 4.79 Å². The van der Waals surface area contributed by atoms with Crippen LogP contribution in [-0.4, -0.2) is 54.0 Å². The van der Waals surface area contributed by atoms with Crippen LogP contribution in [0.2, 0.25) is 0 Å². The Balaban J connectivity index is 1.37. The van der Waals surface area contributed by atoms with Gasteiger partial charge in [0.05, 0.1) is 18.3 Å². The first-order valence-corrected chi connectivity index (χ1v) is 12.5. The molecule has 0 aliphatic carbocycles. The summed E-state index contributed by atoms with van der Waals surface area (Å²) in [6, 6.07) is 20.9. The molecule has 2 atom stereocenters. The van der Waals surface area contributed by atoms with Crippen molar-refractivity contribution in [2.75, 3.05) is 20.3 Å². The molecule has 2 heterocycles. The van der Waals surface area contributed by atoms with Crippen molar-refractivity contribution in [3.63, 3.8) is 0 Å². The van der Waals surface area contributed by atoms with E-state index in [0.717, 1.165) is 30.4 Å². The van der Waals surface area contributed by atoms with Gasteiger partial charge >= 0.3 is 6.09 Å². The topological polar surface area (TPSA) is 60.9 Å². The number of aromatic nitrogens is 1. The van der Waals surface area contributed by atoms with Crippen LogP contribution < -0.4 is 4.74 Å². The number of pyridine rings is 1. The molecule has 1 fully saturated rings. The fourth-order valence-electron chi connectivity index (χ4n) is 4.28. The highest BCUT2D eigenvalue weighted by molar-refractivity contribution is 5.69. The largest absolute Gasteiger partial charge is 0.490 e. The molecule has 0 N–H and O–H groups in total. The van der Waals surface area contributed by atoms with E-state index in [1.54, 1.807) is 18.2 Å². The quantitative estimate of drug-likeness (QED) is 0.373. The zero-order valence-corrected chi connectivity index (χ0v) is 21.6. The van der Waals surface area contributed by atoms with Crippen molar-refractivity contribution in [3.05, 3.63) is 84.2 Å². The van der Waals surface area contributed by atoms with Gasteiger partial charge in [0.2, 0.25) is 0 Å². The summed E-state index contributed by atoms with van der Waals surface area (Å²) in [6.07, 6.45) is 5.97. The molecule has 0 saturated carbocycles. The highest BCUT2D eigenvalue weighted by Gasteiger charge is 2.35. The normalized spacial score (nSPS) is 16.2. The third-order valence-electron chi connectivity index (χ3n) is 6.29. The molecule has 0 radical (unpaired) electrons. The number of nitrogens with zero attached hydrogens (tertiary/aromatic N) is 2. The minimum atomic E-state index is -0.504. The van der Waals surface area contributed by atoms with Gasteiger partial charge in [0, 0.05) is 25.4 Å². The van der Waals surface area contributed by atoms with Gasteiger partial charge in [-0.1, -0.05) is 54.6 Å². The lowest BCUT2D eigenvalue weighted by Crippen LogP contribution is -2.55. The highest BCUT2D eigenvalue weighted by Crippen LogP contribution is 2.26. The van der Waals surface area contributed by atoms with Crippen LogP contribution in [0.1, 0.15) is 38.3 Å². The molecule has 0 bridgehead atoms. The number of hydrogen-bond donors (Lipinski definition) is 0. The number of methoxy groups -OCH3 is 1. The molecule has 1 aliphatic heterocycles. The predicted molar refractivity (Wildman–Crippen MR) is 141 cm³/mol. The maximum atomic E-state index is 12.4. The Labute approximate surface area is 214 Å². The number of carbonyl (C=O) groups is 1. The number of carbonyl (C=O) groups excluding carboxylic acids is 1. The summed E-state index contributed by atoms with van der Waals surface area (Å²) in [6.45, 7) is 6.74. The fourth-order valence-corrected chi connectivity index (χ4v) is 4.28. The molecule has 2 aromatic carbocycles. The third kappa shape index (κ3) is 7.08. The molecule has 1 amide bonds. The van der Waals surface area contributed by atoms with Crippen molar-refractivity contribution in [2.45, 2.75) is 57.8 Å². The average Bonchev–Trinajstić information content (AvgIpc) is 2.83. The number of benzene rings is 2. The minimum absolute atomic E-state index is 0.0161.